The minimum atomic E-state index is -0.589. The average Bonchev–Trinajstić information content (AvgIpc) is 2.77. The summed E-state index contributed by atoms with van der Waals surface area (Å²) in [5.74, 6) is -0.252. The molecule has 1 aliphatic heterocycles. The maximum absolute atomic E-state index is 13.4. The van der Waals surface area contributed by atoms with E-state index >= 15 is 0 Å². The van der Waals surface area contributed by atoms with E-state index in [1.54, 1.807) is 6.92 Å². The van der Waals surface area contributed by atoms with Crippen LogP contribution >= 0.6 is 0 Å². The van der Waals surface area contributed by atoms with Crippen LogP contribution in [-0.2, 0) is 4.79 Å². The van der Waals surface area contributed by atoms with Crippen molar-refractivity contribution in [2.75, 3.05) is 5.32 Å². The first-order chi connectivity index (χ1) is 15.1. The van der Waals surface area contributed by atoms with Crippen LogP contribution in [0.1, 0.15) is 18.5 Å². The van der Waals surface area contributed by atoms with E-state index in [1.807, 2.05) is 66.7 Å². The second kappa shape index (κ2) is 7.61. The van der Waals surface area contributed by atoms with Crippen molar-refractivity contribution >= 4 is 39.2 Å². The van der Waals surface area contributed by atoms with Crippen molar-refractivity contribution in [3.8, 4) is 0 Å². The second-order valence-electron chi connectivity index (χ2n) is 7.62. The van der Waals surface area contributed by atoms with Gasteiger partial charge >= 0.3 is 6.03 Å². The smallest absolute Gasteiger partial charge is 0.319 e. The van der Waals surface area contributed by atoms with Gasteiger partial charge in [0.15, 0.2) is 0 Å². The fourth-order valence-corrected chi connectivity index (χ4v) is 4.29. The van der Waals surface area contributed by atoms with Gasteiger partial charge in [-0.15, -0.1) is 0 Å². The van der Waals surface area contributed by atoms with Crippen LogP contribution in [0, 0.1) is 0 Å². The highest BCUT2D eigenvalue weighted by molar-refractivity contribution is 6.10. The first-order valence-electron chi connectivity index (χ1n) is 10.2. The molecule has 1 unspecified atom stereocenters. The molecule has 0 bridgehead atoms. The van der Waals surface area contributed by atoms with Crippen LogP contribution in [0.3, 0.4) is 0 Å². The Morgan fingerprint density at radius 1 is 0.839 bits per heavy atom. The van der Waals surface area contributed by atoms with Crippen molar-refractivity contribution in [3.05, 3.63) is 102 Å². The van der Waals surface area contributed by atoms with Crippen LogP contribution in [0.25, 0.3) is 21.5 Å². The summed E-state index contributed by atoms with van der Waals surface area (Å²) in [7, 11) is 0. The lowest BCUT2D eigenvalue weighted by Gasteiger charge is -2.30. The van der Waals surface area contributed by atoms with E-state index in [9.17, 15) is 9.59 Å². The zero-order valence-electron chi connectivity index (χ0n) is 17.0. The third kappa shape index (κ3) is 3.40. The molecule has 152 valence electrons. The van der Waals surface area contributed by atoms with Gasteiger partial charge in [-0.3, -0.25) is 4.79 Å². The summed E-state index contributed by atoms with van der Waals surface area (Å²) in [6.45, 7) is 1.76. The number of para-hydroxylation sites is 1. The lowest BCUT2D eigenvalue weighted by molar-refractivity contribution is -0.113. The summed E-state index contributed by atoms with van der Waals surface area (Å²) >= 11 is 0. The van der Waals surface area contributed by atoms with E-state index in [4.69, 9.17) is 0 Å². The Hall–Kier alpha value is -4.12. The van der Waals surface area contributed by atoms with E-state index in [1.165, 1.54) is 0 Å². The molecular weight excluding hydrogens is 386 g/mol. The van der Waals surface area contributed by atoms with E-state index in [0.717, 1.165) is 27.1 Å². The SMILES string of the molecule is CC1=C(C(=O)Nc2ccccc2)C(c2c3ccccc3cc3ccccc23)NC(=O)N1. The van der Waals surface area contributed by atoms with Crippen LogP contribution in [0.5, 0.6) is 0 Å². The Morgan fingerprint density at radius 2 is 1.42 bits per heavy atom. The second-order valence-corrected chi connectivity index (χ2v) is 7.62. The van der Waals surface area contributed by atoms with Crippen molar-refractivity contribution in [1.82, 2.24) is 10.6 Å². The molecule has 5 heteroatoms. The van der Waals surface area contributed by atoms with Crippen molar-refractivity contribution < 1.29 is 9.59 Å². The van der Waals surface area contributed by atoms with Gasteiger partial charge in [0.25, 0.3) is 5.91 Å². The summed E-state index contributed by atoms with van der Waals surface area (Å²) in [5.41, 5.74) is 2.65. The van der Waals surface area contributed by atoms with E-state index in [0.29, 0.717) is 17.0 Å². The average molecular weight is 407 g/mol. The van der Waals surface area contributed by atoms with Crippen molar-refractivity contribution in [2.24, 2.45) is 0 Å². The third-order valence-electron chi connectivity index (χ3n) is 5.65. The number of hydrogen-bond donors (Lipinski definition) is 3. The number of benzene rings is 4. The molecule has 3 N–H and O–H groups in total. The normalized spacial score (nSPS) is 16.2. The fourth-order valence-electron chi connectivity index (χ4n) is 4.29. The number of carbonyl (C=O) groups is 2. The highest BCUT2D eigenvalue weighted by Crippen LogP contribution is 2.38. The summed E-state index contributed by atoms with van der Waals surface area (Å²) in [5, 5.41) is 12.9. The Balaban J connectivity index is 1.72. The summed E-state index contributed by atoms with van der Waals surface area (Å²) in [4.78, 5) is 25.8. The van der Waals surface area contributed by atoms with Crippen molar-refractivity contribution in [3.63, 3.8) is 0 Å². The van der Waals surface area contributed by atoms with Gasteiger partial charge < -0.3 is 16.0 Å². The minimum Gasteiger partial charge on any atom is -0.327 e. The molecule has 0 aromatic heterocycles. The first-order valence-corrected chi connectivity index (χ1v) is 10.2. The molecule has 0 saturated carbocycles. The molecule has 0 saturated heterocycles. The number of rotatable bonds is 3. The zero-order valence-corrected chi connectivity index (χ0v) is 17.0. The van der Waals surface area contributed by atoms with Gasteiger partial charge in [-0.1, -0.05) is 66.7 Å². The maximum atomic E-state index is 13.4. The van der Waals surface area contributed by atoms with Gasteiger partial charge in [0, 0.05) is 11.4 Å². The highest BCUT2D eigenvalue weighted by Gasteiger charge is 2.33. The van der Waals surface area contributed by atoms with Crippen LogP contribution in [0.4, 0.5) is 10.5 Å². The number of carbonyl (C=O) groups excluding carboxylic acids is 2. The topological polar surface area (TPSA) is 70.2 Å². The Labute approximate surface area is 179 Å². The van der Waals surface area contributed by atoms with Crippen molar-refractivity contribution in [2.45, 2.75) is 13.0 Å². The van der Waals surface area contributed by atoms with Crippen LogP contribution < -0.4 is 16.0 Å². The number of fused-ring (bicyclic) bond motifs is 2. The maximum Gasteiger partial charge on any atom is 0.319 e. The molecule has 5 rings (SSSR count). The molecule has 1 heterocycles. The lowest BCUT2D eigenvalue weighted by Crippen LogP contribution is -2.46. The fraction of sp³-hybridized carbons (Fsp3) is 0.0769. The molecule has 0 radical (unpaired) electrons. The molecule has 31 heavy (non-hydrogen) atoms. The standard InChI is InChI=1S/C26H21N3O2/c1-16-22(25(30)28-19-11-3-2-4-12-19)24(29-26(31)27-16)23-20-13-7-5-9-17(20)15-18-10-6-8-14-21(18)23/h2-15,24H,1H3,(H,28,30)(H2,27,29,31). The number of urea groups is 1. The predicted octanol–water partition coefficient (Wildman–Crippen LogP) is 5.26. The molecule has 4 aromatic rings. The van der Waals surface area contributed by atoms with Crippen LogP contribution in [0.15, 0.2) is 96.2 Å². The Kier molecular flexibility index (Phi) is 4.64. The zero-order chi connectivity index (χ0) is 21.4. The number of amides is 3. The first kappa shape index (κ1) is 18.9. The van der Waals surface area contributed by atoms with E-state index < -0.39 is 6.04 Å². The Bertz CT molecular complexity index is 1310. The minimum absolute atomic E-state index is 0.252. The number of hydrogen-bond acceptors (Lipinski definition) is 2. The summed E-state index contributed by atoms with van der Waals surface area (Å²) in [6, 6.07) is 26.6. The lowest BCUT2D eigenvalue weighted by atomic mass is 9.87. The molecule has 0 fully saturated rings. The molecule has 0 aliphatic carbocycles. The van der Waals surface area contributed by atoms with Gasteiger partial charge in [-0.2, -0.15) is 0 Å². The van der Waals surface area contributed by atoms with Crippen LogP contribution in [-0.4, -0.2) is 11.9 Å². The largest absolute Gasteiger partial charge is 0.327 e. The predicted molar refractivity (Wildman–Crippen MR) is 124 cm³/mol. The van der Waals surface area contributed by atoms with Crippen molar-refractivity contribution in [1.29, 1.82) is 0 Å². The quantitative estimate of drug-likeness (QED) is 0.406. The molecule has 0 spiro atoms. The van der Waals surface area contributed by atoms with Gasteiger partial charge in [-0.25, -0.2) is 4.79 Å². The van der Waals surface area contributed by atoms with Gasteiger partial charge in [0.2, 0.25) is 0 Å². The molecule has 5 nitrogen and oxygen atoms in total. The number of allylic oxidation sites excluding steroid dienone is 1. The van der Waals surface area contributed by atoms with Gasteiger partial charge in [0.05, 0.1) is 11.6 Å². The van der Waals surface area contributed by atoms with Gasteiger partial charge in [-0.05, 0) is 52.2 Å². The third-order valence-corrected chi connectivity index (χ3v) is 5.65. The van der Waals surface area contributed by atoms with Crippen LogP contribution in [0.2, 0.25) is 0 Å². The molecular formula is C26H21N3O2. The molecule has 3 amide bonds. The number of nitrogens with one attached hydrogen (secondary N) is 3. The monoisotopic (exact) mass is 407 g/mol. The molecule has 4 aromatic carbocycles. The van der Waals surface area contributed by atoms with E-state index in [-0.39, 0.29) is 11.9 Å². The molecule has 1 atom stereocenters. The summed E-state index contributed by atoms with van der Waals surface area (Å²) in [6.07, 6.45) is 0. The molecule has 1 aliphatic rings. The number of anilines is 1. The van der Waals surface area contributed by atoms with Gasteiger partial charge in [0.1, 0.15) is 0 Å². The summed E-state index contributed by atoms with van der Waals surface area (Å²) < 4.78 is 0. The van der Waals surface area contributed by atoms with E-state index in [2.05, 4.69) is 34.1 Å². The highest BCUT2D eigenvalue weighted by atomic mass is 16.2. The Morgan fingerprint density at radius 3 is 2.06 bits per heavy atom.